The van der Waals surface area contributed by atoms with Gasteiger partial charge in [0.05, 0.1) is 12.1 Å². The number of alkyl halides is 6. The Morgan fingerprint density at radius 1 is 1.08 bits per heavy atom. The minimum absolute atomic E-state index is 0.0609. The van der Waals surface area contributed by atoms with Gasteiger partial charge in [-0.1, -0.05) is 6.92 Å². The minimum Gasteiger partial charge on any atom is -0.490 e. The molecule has 1 aromatic heterocycles. The summed E-state index contributed by atoms with van der Waals surface area (Å²) in [5.74, 6) is -2.26. The number of carbonyl (C=O) groups is 2. The maximum atomic E-state index is 14.6. The zero-order valence-electron chi connectivity index (χ0n) is 28.2. The summed E-state index contributed by atoms with van der Waals surface area (Å²) in [5.41, 5.74) is -3.09. The van der Waals surface area contributed by atoms with Gasteiger partial charge < -0.3 is 24.8 Å². The second-order valence-corrected chi connectivity index (χ2v) is 15.1. The van der Waals surface area contributed by atoms with E-state index in [1.54, 1.807) is 17.0 Å². The molecule has 4 unspecified atom stereocenters. The van der Waals surface area contributed by atoms with Crippen LogP contribution in [0.2, 0.25) is 0 Å². The third kappa shape index (κ3) is 6.97. The number of ether oxygens (including phenoxy) is 2. The summed E-state index contributed by atoms with van der Waals surface area (Å²) in [6, 6.07) is 5.25. The van der Waals surface area contributed by atoms with Crippen molar-refractivity contribution in [1.82, 2.24) is 20.2 Å². The molecule has 1 spiro atoms. The number of aliphatic carboxylic acids is 1. The number of carboxylic acids is 1. The summed E-state index contributed by atoms with van der Waals surface area (Å²) >= 11 is 0. The molecule has 2 aromatic rings. The highest BCUT2D eigenvalue weighted by Crippen LogP contribution is 2.52. The van der Waals surface area contributed by atoms with Crippen LogP contribution in [0.3, 0.4) is 0 Å². The average molecular weight is 726 g/mol. The van der Waals surface area contributed by atoms with Crippen LogP contribution in [-0.4, -0.2) is 89.1 Å². The van der Waals surface area contributed by atoms with Crippen molar-refractivity contribution in [2.45, 2.75) is 87.7 Å². The van der Waals surface area contributed by atoms with E-state index in [1.807, 2.05) is 13.0 Å². The van der Waals surface area contributed by atoms with Crippen LogP contribution in [0, 0.1) is 17.8 Å². The number of rotatable bonds is 7. The maximum absolute atomic E-state index is 14.6. The highest BCUT2D eigenvalue weighted by Gasteiger charge is 2.57. The third-order valence-electron chi connectivity index (χ3n) is 11.6. The Hall–Kier alpha value is -3.66. The predicted octanol–water partition coefficient (Wildman–Crippen LogP) is 6.11. The molecular formula is C35H41F6N5O5. The third-order valence-corrected chi connectivity index (χ3v) is 11.6. The van der Waals surface area contributed by atoms with Crippen LogP contribution in [-0.2, 0) is 21.1 Å². The second-order valence-electron chi connectivity index (χ2n) is 15.1. The topological polar surface area (TPSA) is 117 Å². The molecule has 4 fully saturated rings. The molecule has 2 saturated carbocycles. The van der Waals surface area contributed by atoms with E-state index in [2.05, 4.69) is 15.3 Å². The second kappa shape index (κ2) is 13.1. The first-order valence-corrected chi connectivity index (χ1v) is 17.5. The normalized spacial score (nSPS) is 28.1. The number of hydrogen-bond donors (Lipinski definition) is 2. The molecule has 3 aliphatic heterocycles. The number of fused-ring (bicyclic) bond motifs is 4. The van der Waals surface area contributed by atoms with E-state index < -0.39 is 58.9 Å². The molecule has 2 bridgehead atoms. The summed E-state index contributed by atoms with van der Waals surface area (Å²) in [6.07, 6.45) is -4.71. The van der Waals surface area contributed by atoms with Crippen LogP contribution in [0.25, 0.3) is 0 Å². The Morgan fingerprint density at radius 2 is 1.80 bits per heavy atom. The molecule has 2 aliphatic carbocycles. The number of likely N-dealkylation sites (tertiary alicyclic amines) is 1. The molecule has 2 saturated heterocycles. The van der Waals surface area contributed by atoms with Gasteiger partial charge in [-0.3, -0.25) is 9.69 Å². The van der Waals surface area contributed by atoms with E-state index in [1.165, 1.54) is 4.90 Å². The van der Waals surface area contributed by atoms with Crippen molar-refractivity contribution in [2.75, 3.05) is 44.3 Å². The Labute approximate surface area is 290 Å². The molecule has 1 amide bonds. The Bertz CT molecular complexity index is 1660. The molecule has 4 heterocycles. The smallest absolute Gasteiger partial charge is 0.434 e. The monoisotopic (exact) mass is 725 g/mol. The number of nitrogens with zero attached hydrogens (tertiary/aromatic N) is 4. The number of halogens is 6. The van der Waals surface area contributed by atoms with Gasteiger partial charge in [0, 0.05) is 50.1 Å². The molecule has 1 aromatic carbocycles. The zero-order valence-corrected chi connectivity index (χ0v) is 28.2. The Kier molecular flexibility index (Phi) is 9.16. The molecule has 5 aliphatic rings. The van der Waals surface area contributed by atoms with Gasteiger partial charge in [-0.25, -0.2) is 14.8 Å². The van der Waals surface area contributed by atoms with E-state index in [-0.39, 0.29) is 49.9 Å². The summed E-state index contributed by atoms with van der Waals surface area (Å²) < 4.78 is 94.3. The standard InChI is InChI=1S/C35H41F6N5O5/c1-20-12-21-14-22(13-20)33(16-21,30(48)49)44-29(47)25-17-42-31(43-28(25)35(39,40)41)46-18-32(6-10-50-11-7-32)26-15-24(2-3-27(26)46)51-23-4-8-45(9-5-23)19-34(36,37)38/h2-3,15,17,20-23H,4-14,16,18-19H2,1H3,(H,44,47)(H,48,49). The van der Waals surface area contributed by atoms with E-state index >= 15 is 0 Å². The summed E-state index contributed by atoms with van der Waals surface area (Å²) in [7, 11) is 0. The fourth-order valence-corrected chi connectivity index (χ4v) is 9.28. The Morgan fingerprint density at radius 3 is 2.47 bits per heavy atom. The molecule has 2 N–H and O–H groups in total. The number of carbonyl (C=O) groups excluding carboxylic acids is 1. The zero-order chi connectivity index (χ0) is 36.3. The van der Waals surface area contributed by atoms with Gasteiger partial charge in [-0.05, 0) is 92.9 Å². The number of amides is 1. The van der Waals surface area contributed by atoms with E-state index in [9.17, 15) is 41.0 Å². The number of hydrogen-bond acceptors (Lipinski definition) is 8. The molecule has 10 nitrogen and oxygen atoms in total. The minimum atomic E-state index is -5.05. The Balaban J connectivity index is 1.15. The number of anilines is 2. The van der Waals surface area contributed by atoms with Crippen LogP contribution in [0.4, 0.5) is 38.0 Å². The lowest BCUT2D eigenvalue weighted by Crippen LogP contribution is -2.57. The first-order chi connectivity index (χ1) is 24.1. The fourth-order valence-electron chi connectivity index (χ4n) is 9.28. The molecule has 4 atom stereocenters. The maximum Gasteiger partial charge on any atom is 0.434 e. The van der Waals surface area contributed by atoms with Gasteiger partial charge in [-0.2, -0.15) is 26.3 Å². The van der Waals surface area contributed by atoms with Crippen molar-refractivity contribution in [3.63, 3.8) is 0 Å². The van der Waals surface area contributed by atoms with Crippen molar-refractivity contribution >= 4 is 23.5 Å². The highest BCUT2D eigenvalue weighted by molar-refractivity contribution is 5.99. The van der Waals surface area contributed by atoms with Crippen molar-refractivity contribution in [3.8, 4) is 5.75 Å². The van der Waals surface area contributed by atoms with Crippen LogP contribution < -0.4 is 15.0 Å². The highest BCUT2D eigenvalue weighted by atomic mass is 19.4. The van der Waals surface area contributed by atoms with Crippen LogP contribution >= 0.6 is 0 Å². The van der Waals surface area contributed by atoms with Gasteiger partial charge in [0.2, 0.25) is 5.95 Å². The van der Waals surface area contributed by atoms with Gasteiger partial charge >= 0.3 is 18.3 Å². The number of aromatic nitrogens is 2. The van der Waals surface area contributed by atoms with Crippen LogP contribution in [0.5, 0.6) is 5.75 Å². The van der Waals surface area contributed by atoms with Crippen LogP contribution in [0.15, 0.2) is 24.4 Å². The quantitative estimate of drug-likeness (QED) is 0.326. The first-order valence-electron chi connectivity index (χ1n) is 17.5. The first kappa shape index (κ1) is 35.7. The summed E-state index contributed by atoms with van der Waals surface area (Å²) in [4.78, 5) is 37.3. The molecule has 51 heavy (non-hydrogen) atoms. The van der Waals surface area contributed by atoms with Crippen molar-refractivity contribution in [1.29, 1.82) is 0 Å². The molecule has 278 valence electrons. The van der Waals surface area contributed by atoms with Gasteiger partial charge in [0.25, 0.3) is 5.91 Å². The van der Waals surface area contributed by atoms with Gasteiger partial charge in [0.1, 0.15) is 17.4 Å². The summed E-state index contributed by atoms with van der Waals surface area (Å²) in [5, 5.41) is 12.8. The molecule has 0 radical (unpaired) electrons. The SMILES string of the molecule is CC1CC2CC(C1)C(NC(=O)c1cnc(N3CC4(CCOCC4)c4cc(OC5CCN(CC(F)(F)F)CC5)ccc43)nc1C(F)(F)F)(C(=O)O)C2. The van der Waals surface area contributed by atoms with E-state index in [0.29, 0.717) is 63.2 Å². The lowest BCUT2D eigenvalue weighted by atomic mass is 9.76. The van der Waals surface area contributed by atoms with Gasteiger partial charge in [0.15, 0.2) is 5.69 Å². The van der Waals surface area contributed by atoms with E-state index in [0.717, 1.165) is 18.2 Å². The van der Waals surface area contributed by atoms with Crippen molar-refractivity contribution in [3.05, 3.63) is 41.2 Å². The van der Waals surface area contributed by atoms with Crippen molar-refractivity contribution in [2.24, 2.45) is 17.8 Å². The molecular weight excluding hydrogens is 684 g/mol. The van der Waals surface area contributed by atoms with Gasteiger partial charge in [-0.15, -0.1) is 0 Å². The fraction of sp³-hybridized carbons (Fsp3) is 0.657. The van der Waals surface area contributed by atoms with Crippen LogP contribution in [0.1, 0.15) is 79.9 Å². The summed E-state index contributed by atoms with van der Waals surface area (Å²) in [6.45, 7) is 2.63. The number of nitrogens with one attached hydrogen (secondary N) is 1. The van der Waals surface area contributed by atoms with E-state index in [4.69, 9.17) is 9.47 Å². The molecule has 16 heteroatoms. The number of benzene rings is 1. The predicted molar refractivity (Wildman–Crippen MR) is 171 cm³/mol. The average Bonchev–Trinajstić information content (AvgIpc) is 3.50. The molecule has 7 rings (SSSR count). The van der Waals surface area contributed by atoms with Crippen molar-refractivity contribution < 1.29 is 50.5 Å². The lowest BCUT2D eigenvalue weighted by Gasteiger charge is -2.35. The number of piperidine rings is 1. The lowest BCUT2D eigenvalue weighted by molar-refractivity contribution is -0.149. The number of carboxylic acid groups (broad SMARTS) is 1. The largest absolute Gasteiger partial charge is 0.490 e.